The molecule has 8 heteroatoms. The third kappa shape index (κ3) is 4.83. The monoisotopic (exact) mass is 415 g/mol. The third-order valence-corrected chi connectivity index (χ3v) is 6.52. The number of nitrogens with one attached hydrogen (secondary N) is 2. The van der Waals surface area contributed by atoms with E-state index in [9.17, 15) is 18.0 Å². The van der Waals surface area contributed by atoms with Crippen LogP contribution in [0.4, 0.5) is 11.4 Å². The van der Waals surface area contributed by atoms with Gasteiger partial charge < -0.3 is 10.2 Å². The average molecular weight is 416 g/mol. The number of amides is 2. The standard InChI is InChI=1S/C21H25N3O4S/c1-14-4-5-15(2)20(12-14)29(27,28)22-10-8-21(26)23-18-6-7-19-17(13-18)9-11-24(19)16(3)25/h4-7,12-13,22H,8-11H2,1-3H3,(H,23,26). The average Bonchev–Trinajstić information content (AvgIpc) is 3.07. The fraction of sp³-hybridized carbons (Fsp3) is 0.333. The molecule has 7 nitrogen and oxygen atoms in total. The molecule has 2 amide bonds. The molecule has 0 bridgehead atoms. The van der Waals surface area contributed by atoms with Crippen LogP contribution in [-0.2, 0) is 26.0 Å². The maximum atomic E-state index is 12.5. The van der Waals surface area contributed by atoms with Crippen LogP contribution in [0.15, 0.2) is 41.3 Å². The lowest BCUT2D eigenvalue weighted by Crippen LogP contribution is -2.28. The molecule has 0 aromatic heterocycles. The Morgan fingerprint density at radius 2 is 1.86 bits per heavy atom. The van der Waals surface area contributed by atoms with Crippen molar-refractivity contribution in [2.45, 2.75) is 38.5 Å². The van der Waals surface area contributed by atoms with Crippen molar-refractivity contribution in [3.05, 3.63) is 53.1 Å². The molecule has 1 aliphatic heterocycles. The number of benzene rings is 2. The highest BCUT2D eigenvalue weighted by Crippen LogP contribution is 2.30. The van der Waals surface area contributed by atoms with Gasteiger partial charge in [0.1, 0.15) is 0 Å². The van der Waals surface area contributed by atoms with Crippen LogP contribution in [0.2, 0.25) is 0 Å². The maximum absolute atomic E-state index is 12.5. The molecule has 2 N–H and O–H groups in total. The smallest absolute Gasteiger partial charge is 0.240 e. The van der Waals surface area contributed by atoms with Gasteiger partial charge in [-0.2, -0.15) is 0 Å². The first-order chi connectivity index (χ1) is 13.7. The lowest BCUT2D eigenvalue weighted by Gasteiger charge is -2.15. The molecule has 2 aromatic carbocycles. The van der Waals surface area contributed by atoms with E-state index in [2.05, 4.69) is 10.0 Å². The van der Waals surface area contributed by atoms with Crippen molar-refractivity contribution in [3.63, 3.8) is 0 Å². The minimum absolute atomic E-state index is 0.00309. The molecule has 0 saturated heterocycles. The van der Waals surface area contributed by atoms with Crippen molar-refractivity contribution < 1.29 is 18.0 Å². The first-order valence-electron chi connectivity index (χ1n) is 9.45. The number of hydrogen-bond acceptors (Lipinski definition) is 4. The summed E-state index contributed by atoms with van der Waals surface area (Å²) in [6.45, 7) is 5.75. The molecular weight excluding hydrogens is 390 g/mol. The number of sulfonamides is 1. The van der Waals surface area contributed by atoms with Crippen LogP contribution in [0.5, 0.6) is 0 Å². The molecule has 0 unspecified atom stereocenters. The Labute approximate surface area is 171 Å². The molecule has 29 heavy (non-hydrogen) atoms. The van der Waals surface area contributed by atoms with Crippen molar-refractivity contribution in [1.29, 1.82) is 0 Å². The molecule has 0 saturated carbocycles. The Morgan fingerprint density at radius 3 is 2.59 bits per heavy atom. The molecule has 0 fully saturated rings. The summed E-state index contributed by atoms with van der Waals surface area (Å²) in [7, 11) is -3.67. The van der Waals surface area contributed by atoms with Gasteiger partial charge in [-0.05, 0) is 61.2 Å². The molecule has 2 aromatic rings. The summed E-state index contributed by atoms with van der Waals surface area (Å²) in [5.41, 5.74) is 4.03. The van der Waals surface area contributed by atoms with Gasteiger partial charge >= 0.3 is 0 Å². The SMILES string of the molecule is CC(=O)N1CCc2cc(NC(=O)CCNS(=O)(=O)c3cc(C)ccc3C)ccc21. The predicted octanol–water partition coefficient (Wildman–Crippen LogP) is 2.52. The van der Waals surface area contributed by atoms with Crippen LogP contribution in [0.25, 0.3) is 0 Å². The molecule has 1 aliphatic rings. The van der Waals surface area contributed by atoms with Gasteiger partial charge in [0.15, 0.2) is 0 Å². The summed E-state index contributed by atoms with van der Waals surface area (Å²) in [4.78, 5) is 25.8. The molecule has 0 spiro atoms. The summed E-state index contributed by atoms with van der Waals surface area (Å²) in [5, 5.41) is 2.79. The summed E-state index contributed by atoms with van der Waals surface area (Å²) in [5.74, 6) is -0.285. The molecule has 0 radical (unpaired) electrons. The second-order valence-corrected chi connectivity index (χ2v) is 8.96. The number of hydrogen-bond donors (Lipinski definition) is 2. The second kappa shape index (κ2) is 8.34. The van der Waals surface area contributed by atoms with E-state index in [0.29, 0.717) is 17.8 Å². The van der Waals surface area contributed by atoms with Crippen molar-refractivity contribution >= 4 is 33.2 Å². The van der Waals surface area contributed by atoms with E-state index in [0.717, 1.165) is 23.2 Å². The molecule has 0 atom stereocenters. The predicted molar refractivity (Wildman–Crippen MR) is 113 cm³/mol. The second-order valence-electron chi connectivity index (χ2n) is 7.23. The van der Waals surface area contributed by atoms with Gasteiger partial charge in [0.05, 0.1) is 4.90 Å². The maximum Gasteiger partial charge on any atom is 0.240 e. The van der Waals surface area contributed by atoms with Crippen LogP contribution in [-0.4, -0.2) is 33.3 Å². The van der Waals surface area contributed by atoms with Crippen LogP contribution in [0.1, 0.15) is 30.0 Å². The Balaban J connectivity index is 1.57. The zero-order valence-electron chi connectivity index (χ0n) is 16.8. The normalized spacial score (nSPS) is 13.3. The van der Waals surface area contributed by atoms with Gasteiger partial charge in [0.25, 0.3) is 0 Å². The zero-order chi connectivity index (χ0) is 21.2. The van der Waals surface area contributed by atoms with E-state index in [1.54, 1.807) is 30.0 Å². The fourth-order valence-electron chi connectivity index (χ4n) is 3.40. The van der Waals surface area contributed by atoms with Gasteiger partial charge in [-0.3, -0.25) is 9.59 Å². The van der Waals surface area contributed by atoms with E-state index >= 15 is 0 Å². The van der Waals surface area contributed by atoms with E-state index in [4.69, 9.17) is 0 Å². The molecule has 154 valence electrons. The van der Waals surface area contributed by atoms with E-state index in [1.807, 2.05) is 25.1 Å². The first kappa shape index (κ1) is 21.0. The van der Waals surface area contributed by atoms with Crippen molar-refractivity contribution in [2.75, 3.05) is 23.3 Å². The Morgan fingerprint density at radius 1 is 1.10 bits per heavy atom. The fourth-order valence-corrected chi connectivity index (χ4v) is 4.76. The molecule has 0 aliphatic carbocycles. The number of rotatable bonds is 6. The lowest BCUT2D eigenvalue weighted by molar-refractivity contribution is -0.117. The van der Waals surface area contributed by atoms with Crippen molar-refractivity contribution in [1.82, 2.24) is 4.72 Å². The molecule has 1 heterocycles. The van der Waals surface area contributed by atoms with Gasteiger partial charge in [-0.15, -0.1) is 0 Å². The summed E-state index contributed by atoms with van der Waals surface area (Å²) in [6.07, 6.45) is 0.759. The highest BCUT2D eigenvalue weighted by molar-refractivity contribution is 7.89. The Bertz CT molecular complexity index is 1060. The summed E-state index contributed by atoms with van der Waals surface area (Å²) < 4.78 is 27.5. The highest BCUT2D eigenvalue weighted by Gasteiger charge is 2.22. The zero-order valence-corrected chi connectivity index (χ0v) is 17.6. The lowest BCUT2D eigenvalue weighted by atomic mass is 10.1. The number of anilines is 2. The van der Waals surface area contributed by atoms with Crippen LogP contribution < -0.4 is 14.9 Å². The number of carbonyl (C=O) groups is 2. The Kier molecular flexibility index (Phi) is 6.04. The van der Waals surface area contributed by atoms with Crippen LogP contribution in [0, 0.1) is 13.8 Å². The number of nitrogens with zero attached hydrogens (tertiary/aromatic N) is 1. The highest BCUT2D eigenvalue weighted by atomic mass is 32.2. The van der Waals surface area contributed by atoms with E-state index in [1.165, 1.54) is 6.92 Å². The first-order valence-corrected chi connectivity index (χ1v) is 10.9. The largest absolute Gasteiger partial charge is 0.326 e. The van der Waals surface area contributed by atoms with Crippen LogP contribution in [0.3, 0.4) is 0 Å². The van der Waals surface area contributed by atoms with E-state index < -0.39 is 10.0 Å². The van der Waals surface area contributed by atoms with Crippen LogP contribution >= 0.6 is 0 Å². The van der Waals surface area contributed by atoms with Gasteiger partial charge in [-0.1, -0.05) is 12.1 Å². The van der Waals surface area contributed by atoms with Gasteiger partial charge in [-0.25, -0.2) is 13.1 Å². The quantitative estimate of drug-likeness (QED) is 0.758. The number of fused-ring (bicyclic) bond motifs is 1. The summed E-state index contributed by atoms with van der Waals surface area (Å²) >= 11 is 0. The van der Waals surface area contributed by atoms with E-state index in [-0.39, 0.29) is 29.7 Å². The van der Waals surface area contributed by atoms with Crippen molar-refractivity contribution in [3.8, 4) is 0 Å². The summed E-state index contributed by atoms with van der Waals surface area (Å²) in [6, 6.07) is 10.7. The van der Waals surface area contributed by atoms with Crippen molar-refractivity contribution in [2.24, 2.45) is 0 Å². The van der Waals surface area contributed by atoms with Gasteiger partial charge in [0.2, 0.25) is 21.8 Å². The topological polar surface area (TPSA) is 95.6 Å². The molecular formula is C21H25N3O4S. The third-order valence-electron chi connectivity index (χ3n) is 4.92. The number of carbonyl (C=O) groups excluding carboxylic acids is 2. The minimum Gasteiger partial charge on any atom is -0.326 e. The Hall–Kier alpha value is -2.71. The van der Waals surface area contributed by atoms with Gasteiger partial charge in [0, 0.05) is 37.8 Å². The molecule has 3 rings (SSSR count). The number of aryl methyl sites for hydroxylation is 2. The minimum atomic E-state index is -3.67.